The Morgan fingerprint density at radius 1 is 0.500 bits per heavy atom. The van der Waals surface area contributed by atoms with Crippen LogP contribution in [0.3, 0.4) is 0 Å². The number of hydrogen-bond donors (Lipinski definition) is 3. The van der Waals surface area contributed by atoms with Crippen LogP contribution in [0.15, 0.2) is 36.5 Å². The normalized spacial score (nSPS) is 13.0. The van der Waals surface area contributed by atoms with Crippen molar-refractivity contribution < 1.29 is 24.5 Å². The first kappa shape index (κ1) is 52.1. The van der Waals surface area contributed by atoms with Crippen molar-refractivity contribution in [2.45, 2.75) is 244 Å². The molecule has 0 spiro atoms. The molecule has 54 heavy (non-hydrogen) atoms. The van der Waals surface area contributed by atoms with Crippen LogP contribution >= 0.6 is 0 Å². The van der Waals surface area contributed by atoms with E-state index in [0.29, 0.717) is 19.4 Å². The van der Waals surface area contributed by atoms with Crippen molar-refractivity contribution in [3.8, 4) is 0 Å². The quantitative estimate of drug-likeness (QED) is 0.0327. The predicted octanol–water partition coefficient (Wildman–Crippen LogP) is 13.3. The van der Waals surface area contributed by atoms with Gasteiger partial charge in [-0.1, -0.05) is 179 Å². The molecule has 0 fully saturated rings. The Kier molecular flexibility index (Phi) is 42.2. The first-order valence-corrected chi connectivity index (χ1v) is 23.3. The molecular weight excluding hydrogens is 671 g/mol. The van der Waals surface area contributed by atoms with Crippen LogP contribution < -0.4 is 5.32 Å². The van der Waals surface area contributed by atoms with Crippen LogP contribution in [-0.4, -0.2) is 47.4 Å². The summed E-state index contributed by atoms with van der Waals surface area (Å²) in [5, 5.41) is 22.9. The van der Waals surface area contributed by atoms with Gasteiger partial charge in [-0.25, -0.2) is 0 Å². The summed E-state index contributed by atoms with van der Waals surface area (Å²) < 4.78 is 5.42. The van der Waals surface area contributed by atoms with Crippen LogP contribution in [0.2, 0.25) is 0 Å². The Morgan fingerprint density at radius 3 is 1.35 bits per heavy atom. The smallest absolute Gasteiger partial charge is 0.305 e. The van der Waals surface area contributed by atoms with Crippen LogP contribution in [0.5, 0.6) is 0 Å². The lowest BCUT2D eigenvalue weighted by atomic mass is 10.0. The van der Waals surface area contributed by atoms with E-state index in [1.54, 1.807) is 6.08 Å². The molecule has 0 aliphatic rings. The van der Waals surface area contributed by atoms with E-state index in [2.05, 4.69) is 43.5 Å². The average molecular weight is 760 g/mol. The minimum Gasteiger partial charge on any atom is -0.466 e. The van der Waals surface area contributed by atoms with Gasteiger partial charge in [-0.2, -0.15) is 0 Å². The van der Waals surface area contributed by atoms with Gasteiger partial charge in [-0.05, 0) is 77.0 Å². The topological polar surface area (TPSA) is 95.9 Å². The number of unbranched alkanes of at least 4 members (excludes halogenated alkanes) is 27. The van der Waals surface area contributed by atoms with E-state index >= 15 is 0 Å². The third-order valence-electron chi connectivity index (χ3n) is 10.4. The molecule has 0 bridgehead atoms. The average Bonchev–Trinajstić information content (AvgIpc) is 3.17. The van der Waals surface area contributed by atoms with Crippen molar-refractivity contribution in [3.63, 3.8) is 0 Å². The van der Waals surface area contributed by atoms with Gasteiger partial charge in [0.2, 0.25) is 5.91 Å². The molecule has 0 aliphatic carbocycles. The number of hydrogen-bond acceptors (Lipinski definition) is 5. The lowest BCUT2D eigenvalue weighted by Crippen LogP contribution is -2.45. The van der Waals surface area contributed by atoms with E-state index in [9.17, 15) is 19.8 Å². The number of allylic oxidation sites excluding steroid dienone is 5. The molecule has 0 rings (SSSR count). The number of ether oxygens (including phenoxy) is 1. The fourth-order valence-corrected chi connectivity index (χ4v) is 6.75. The Morgan fingerprint density at radius 2 is 0.889 bits per heavy atom. The van der Waals surface area contributed by atoms with Gasteiger partial charge in [0.1, 0.15) is 0 Å². The van der Waals surface area contributed by atoms with Crippen molar-refractivity contribution in [3.05, 3.63) is 36.5 Å². The molecule has 0 aromatic rings. The van der Waals surface area contributed by atoms with E-state index in [1.165, 1.54) is 135 Å². The molecule has 0 heterocycles. The van der Waals surface area contributed by atoms with Gasteiger partial charge in [0.25, 0.3) is 0 Å². The molecule has 0 aliphatic heterocycles. The molecule has 0 saturated heterocycles. The molecule has 6 heteroatoms. The number of nitrogens with one attached hydrogen (secondary N) is 1. The van der Waals surface area contributed by atoms with Crippen LogP contribution in [0.25, 0.3) is 0 Å². The highest BCUT2D eigenvalue weighted by molar-refractivity contribution is 5.76. The van der Waals surface area contributed by atoms with Gasteiger partial charge >= 0.3 is 5.97 Å². The summed E-state index contributed by atoms with van der Waals surface area (Å²) in [6, 6.07) is -0.665. The van der Waals surface area contributed by atoms with Crippen LogP contribution in [0.4, 0.5) is 0 Å². The van der Waals surface area contributed by atoms with E-state index in [-0.39, 0.29) is 18.5 Å². The van der Waals surface area contributed by atoms with Crippen molar-refractivity contribution in [1.82, 2.24) is 5.32 Å². The summed E-state index contributed by atoms with van der Waals surface area (Å²) in [7, 11) is 0. The van der Waals surface area contributed by atoms with Crippen molar-refractivity contribution >= 4 is 11.9 Å². The second-order valence-corrected chi connectivity index (χ2v) is 15.7. The fraction of sp³-hybridized carbons (Fsp3) is 0.833. The van der Waals surface area contributed by atoms with Crippen LogP contribution in [0.1, 0.15) is 232 Å². The predicted molar refractivity (Wildman–Crippen MR) is 232 cm³/mol. The van der Waals surface area contributed by atoms with Gasteiger partial charge in [0.05, 0.1) is 25.4 Å². The first-order chi connectivity index (χ1) is 26.5. The maximum Gasteiger partial charge on any atom is 0.305 e. The number of rotatable bonds is 42. The zero-order chi connectivity index (χ0) is 39.4. The number of carbonyl (C=O) groups is 2. The molecule has 0 radical (unpaired) electrons. The molecule has 2 atom stereocenters. The molecule has 2 unspecified atom stereocenters. The molecule has 316 valence electrons. The van der Waals surface area contributed by atoms with E-state index in [4.69, 9.17) is 4.74 Å². The van der Waals surface area contributed by atoms with Gasteiger partial charge < -0.3 is 20.3 Å². The largest absolute Gasteiger partial charge is 0.466 e. The second kappa shape index (κ2) is 43.8. The maximum absolute atomic E-state index is 12.4. The summed E-state index contributed by atoms with van der Waals surface area (Å²) in [5.74, 6) is -0.178. The zero-order valence-corrected chi connectivity index (χ0v) is 35.7. The Bertz CT molecular complexity index is 884. The molecule has 1 amide bonds. The number of esters is 1. The molecule has 0 aromatic carbocycles. The summed E-state index contributed by atoms with van der Waals surface area (Å²) in [6.45, 7) is 4.78. The van der Waals surface area contributed by atoms with E-state index < -0.39 is 12.1 Å². The summed E-state index contributed by atoms with van der Waals surface area (Å²) in [6.07, 6.45) is 51.4. The number of aliphatic hydroxyl groups excluding tert-OH is 2. The van der Waals surface area contributed by atoms with Gasteiger partial charge in [0.15, 0.2) is 0 Å². The van der Waals surface area contributed by atoms with E-state index in [1.807, 2.05) is 6.08 Å². The molecule has 0 aromatic heterocycles. The summed E-state index contributed by atoms with van der Waals surface area (Å²) in [4.78, 5) is 24.4. The Labute approximate surface area is 334 Å². The van der Waals surface area contributed by atoms with Gasteiger partial charge in [-0.15, -0.1) is 0 Å². The highest BCUT2D eigenvalue weighted by Crippen LogP contribution is 2.14. The lowest BCUT2D eigenvalue weighted by molar-refractivity contribution is -0.143. The van der Waals surface area contributed by atoms with Crippen molar-refractivity contribution in [2.75, 3.05) is 13.2 Å². The standard InChI is InChI=1S/C48H89NO5/c1-3-5-7-9-11-13-15-17-18-20-22-26-30-34-38-42-48(53)54-43-39-35-31-27-23-25-29-33-37-41-47(52)49-45(44-50)46(51)40-36-32-28-24-21-19-16-14-12-10-8-6-4-2/h17-18,25,29,36,40,45-46,50-51H,3-16,19-24,26-28,30-35,37-39,41-44H2,1-2H3,(H,49,52)/b18-17-,29-25-,40-36+. The minimum atomic E-state index is -0.874. The molecular formula is C48H89NO5. The monoisotopic (exact) mass is 760 g/mol. The maximum atomic E-state index is 12.4. The van der Waals surface area contributed by atoms with Gasteiger partial charge in [0, 0.05) is 12.8 Å². The highest BCUT2D eigenvalue weighted by atomic mass is 16.5. The third kappa shape index (κ3) is 39.8. The van der Waals surface area contributed by atoms with Crippen LogP contribution in [-0.2, 0) is 14.3 Å². The molecule has 6 nitrogen and oxygen atoms in total. The summed E-state index contributed by atoms with van der Waals surface area (Å²) in [5.41, 5.74) is 0. The third-order valence-corrected chi connectivity index (χ3v) is 10.4. The highest BCUT2D eigenvalue weighted by Gasteiger charge is 2.17. The Balaban J connectivity index is 3.60. The summed E-state index contributed by atoms with van der Waals surface area (Å²) >= 11 is 0. The zero-order valence-electron chi connectivity index (χ0n) is 35.7. The van der Waals surface area contributed by atoms with Crippen molar-refractivity contribution in [1.29, 1.82) is 0 Å². The van der Waals surface area contributed by atoms with Crippen molar-refractivity contribution in [2.24, 2.45) is 0 Å². The van der Waals surface area contributed by atoms with Crippen LogP contribution in [0, 0.1) is 0 Å². The molecule has 0 saturated carbocycles. The lowest BCUT2D eigenvalue weighted by Gasteiger charge is -2.19. The SMILES string of the molecule is CCCCCCCC/C=C\CCCCCCCC(=O)OCCCCCC/C=C\CCCC(=O)NC(CO)C(O)/C=C/CCCCCCCCCCCCC. The second-order valence-electron chi connectivity index (χ2n) is 15.7. The minimum absolute atomic E-state index is 0.0471. The first-order valence-electron chi connectivity index (χ1n) is 23.3. The van der Waals surface area contributed by atoms with Gasteiger partial charge in [-0.3, -0.25) is 9.59 Å². The molecule has 3 N–H and O–H groups in total. The Hall–Kier alpha value is -1.92. The number of carbonyl (C=O) groups excluding carboxylic acids is 2. The van der Waals surface area contributed by atoms with E-state index in [0.717, 1.165) is 70.6 Å². The number of amides is 1. The fourth-order valence-electron chi connectivity index (χ4n) is 6.75. The number of aliphatic hydroxyl groups is 2.